The van der Waals surface area contributed by atoms with E-state index in [0.29, 0.717) is 23.8 Å². The number of carbonyl (C=O) groups excluding carboxylic acids is 2. The number of aromatic nitrogens is 2. The molecule has 4 heterocycles. The number of carboxylic acid groups (broad SMARTS) is 1. The molecule has 154 valence electrons. The van der Waals surface area contributed by atoms with E-state index in [9.17, 15) is 9.59 Å². The lowest BCUT2D eigenvalue weighted by Crippen LogP contribution is -2.57. The second-order valence-electron chi connectivity index (χ2n) is 8.19. The van der Waals surface area contributed by atoms with Crippen molar-refractivity contribution < 1.29 is 19.5 Å². The summed E-state index contributed by atoms with van der Waals surface area (Å²) in [5.41, 5.74) is 2.25. The van der Waals surface area contributed by atoms with Gasteiger partial charge < -0.3 is 15.3 Å². The van der Waals surface area contributed by atoms with Crippen molar-refractivity contribution in [2.45, 2.75) is 38.1 Å². The summed E-state index contributed by atoms with van der Waals surface area (Å²) in [6.07, 6.45) is 4.84. The molecule has 1 aromatic carbocycles. The van der Waals surface area contributed by atoms with E-state index in [4.69, 9.17) is 9.90 Å². The van der Waals surface area contributed by atoms with Crippen LogP contribution in [0.1, 0.15) is 41.7 Å². The predicted octanol–water partition coefficient (Wildman–Crippen LogP) is 1.61. The first-order valence-corrected chi connectivity index (χ1v) is 10.2. The fourth-order valence-corrected chi connectivity index (χ4v) is 4.46. The fraction of sp³-hybridized carbons (Fsp3) is 0.524. The Labute approximate surface area is 168 Å². The monoisotopic (exact) mass is 398 g/mol. The van der Waals surface area contributed by atoms with Gasteiger partial charge >= 0.3 is 0 Å². The predicted molar refractivity (Wildman–Crippen MR) is 107 cm³/mol. The molecule has 2 aromatic rings. The number of nitrogens with one attached hydrogen (secondary N) is 2. The molecule has 8 nitrogen and oxygen atoms in total. The molecule has 3 aliphatic heterocycles. The average Bonchev–Trinajstić information content (AvgIpc) is 3.49. The number of ketones is 1. The third-order valence-electron chi connectivity index (χ3n) is 6.23. The van der Waals surface area contributed by atoms with Crippen LogP contribution in [-0.2, 0) is 16.0 Å². The van der Waals surface area contributed by atoms with Crippen molar-refractivity contribution >= 4 is 29.1 Å². The van der Waals surface area contributed by atoms with Crippen LogP contribution >= 0.6 is 0 Å². The summed E-state index contributed by atoms with van der Waals surface area (Å²) in [6.45, 7) is 3.00. The highest BCUT2D eigenvalue weighted by molar-refractivity contribution is 6.05. The maximum absolute atomic E-state index is 12.8. The maximum atomic E-state index is 12.8. The maximum Gasteiger partial charge on any atom is 0.290 e. The van der Waals surface area contributed by atoms with Crippen molar-refractivity contribution in [3.8, 4) is 0 Å². The van der Waals surface area contributed by atoms with E-state index >= 15 is 0 Å². The van der Waals surface area contributed by atoms with Crippen molar-refractivity contribution in [1.29, 1.82) is 0 Å². The number of fused-ring (bicyclic) bond motifs is 4. The summed E-state index contributed by atoms with van der Waals surface area (Å²) < 4.78 is 0. The number of hydrogen-bond acceptors (Lipinski definition) is 5. The van der Waals surface area contributed by atoms with Gasteiger partial charge in [0.25, 0.3) is 12.4 Å². The van der Waals surface area contributed by atoms with Crippen LogP contribution in [0.25, 0.3) is 10.9 Å². The van der Waals surface area contributed by atoms with Crippen LogP contribution in [0.4, 0.5) is 0 Å². The Balaban J connectivity index is 0.000000645. The number of aromatic amines is 1. The Morgan fingerprint density at radius 3 is 2.59 bits per heavy atom. The van der Waals surface area contributed by atoms with E-state index in [2.05, 4.69) is 20.4 Å². The zero-order chi connectivity index (χ0) is 20.4. The number of nitrogens with zero attached hydrogens (tertiary/aromatic N) is 2. The molecule has 0 unspecified atom stereocenters. The lowest BCUT2D eigenvalue weighted by atomic mass is 9.84. The van der Waals surface area contributed by atoms with Crippen LogP contribution in [0.3, 0.4) is 0 Å². The topological polar surface area (TPSA) is 115 Å². The molecule has 29 heavy (non-hydrogen) atoms. The van der Waals surface area contributed by atoms with Gasteiger partial charge in [0.05, 0.1) is 5.52 Å². The van der Waals surface area contributed by atoms with Crippen molar-refractivity contribution in [2.24, 2.45) is 11.8 Å². The Morgan fingerprint density at radius 2 is 1.97 bits per heavy atom. The Bertz CT molecular complexity index is 913. The molecule has 4 aliphatic rings. The molecule has 3 saturated heterocycles. The van der Waals surface area contributed by atoms with Gasteiger partial charge in [-0.15, -0.1) is 0 Å². The van der Waals surface area contributed by atoms with E-state index in [1.54, 1.807) is 0 Å². The number of H-pyrrole nitrogens is 1. The summed E-state index contributed by atoms with van der Waals surface area (Å²) in [5.74, 6) is 1.04. The third kappa shape index (κ3) is 4.32. The van der Waals surface area contributed by atoms with Crippen molar-refractivity contribution in [3.63, 3.8) is 0 Å². The molecule has 1 aromatic heterocycles. The Morgan fingerprint density at radius 1 is 1.24 bits per heavy atom. The summed E-state index contributed by atoms with van der Waals surface area (Å²) in [6, 6.07) is 6.04. The van der Waals surface area contributed by atoms with Crippen LogP contribution < -0.4 is 5.32 Å². The lowest BCUT2D eigenvalue weighted by Gasteiger charge is -2.44. The van der Waals surface area contributed by atoms with Gasteiger partial charge in [0.2, 0.25) is 0 Å². The van der Waals surface area contributed by atoms with Crippen LogP contribution in [0.5, 0.6) is 0 Å². The molecular formula is C21H26N4O4. The summed E-state index contributed by atoms with van der Waals surface area (Å²) in [4.78, 5) is 35.7. The normalized spacial score (nSPS) is 25.2. The van der Waals surface area contributed by atoms with Crippen molar-refractivity contribution in [3.05, 3.63) is 29.5 Å². The van der Waals surface area contributed by atoms with Gasteiger partial charge in [-0.25, -0.2) is 0 Å². The van der Waals surface area contributed by atoms with Gasteiger partial charge in [-0.05, 0) is 62.4 Å². The third-order valence-corrected chi connectivity index (χ3v) is 6.23. The molecule has 1 amide bonds. The van der Waals surface area contributed by atoms with E-state index in [1.807, 2.05) is 18.2 Å². The number of hydrogen-bond donors (Lipinski definition) is 3. The van der Waals surface area contributed by atoms with Gasteiger partial charge in [0, 0.05) is 30.3 Å². The van der Waals surface area contributed by atoms with Gasteiger partial charge in [-0.3, -0.25) is 19.5 Å². The molecule has 6 rings (SSSR count). The first-order valence-electron chi connectivity index (χ1n) is 10.2. The first kappa shape index (κ1) is 19.6. The standard InChI is InChI=1S/C20H24N4O2.CH2O2/c25-18(14-2-3-14)10-12-1-4-16-15(9-12)19(23-22-16)20(26)21-17-11-24-7-5-13(17)6-8-24;2-1-3/h1,4,9,13-14,17H,2-3,5-8,10-11H2,(H,21,26)(H,22,23);1H,(H,2,3)/t17-;/m1./s1. The zero-order valence-corrected chi connectivity index (χ0v) is 16.3. The average molecular weight is 398 g/mol. The number of carbonyl (C=O) groups is 3. The van der Waals surface area contributed by atoms with Crippen LogP contribution in [-0.4, -0.2) is 64.0 Å². The summed E-state index contributed by atoms with van der Waals surface area (Å²) in [5, 5.41) is 18.1. The number of amides is 1. The number of piperidine rings is 3. The molecule has 3 N–H and O–H groups in total. The molecule has 0 radical (unpaired) electrons. The van der Waals surface area contributed by atoms with E-state index in [0.717, 1.165) is 48.9 Å². The Hall–Kier alpha value is -2.74. The van der Waals surface area contributed by atoms with E-state index in [-0.39, 0.29) is 24.3 Å². The number of Topliss-reactive ketones (excluding diaryl/α,β-unsaturated/α-hetero) is 1. The molecule has 4 fully saturated rings. The molecule has 1 saturated carbocycles. The smallest absolute Gasteiger partial charge is 0.290 e. The molecule has 1 atom stereocenters. The molecule has 0 spiro atoms. The largest absolute Gasteiger partial charge is 0.483 e. The van der Waals surface area contributed by atoms with Crippen molar-refractivity contribution in [2.75, 3.05) is 19.6 Å². The minimum Gasteiger partial charge on any atom is -0.483 e. The summed E-state index contributed by atoms with van der Waals surface area (Å²) in [7, 11) is 0. The van der Waals surface area contributed by atoms with Gasteiger partial charge in [-0.2, -0.15) is 5.10 Å². The van der Waals surface area contributed by atoms with Gasteiger partial charge in [0.1, 0.15) is 5.78 Å². The lowest BCUT2D eigenvalue weighted by molar-refractivity contribution is -0.123. The molecule has 2 bridgehead atoms. The van der Waals surface area contributed by atoms with Crippen LogP contribution in [0.2, 0.25) is 0 Å². The number of rotatable bonds is 5. The highest BCUT2D eigenvalue weighted by Crippen LogP contribution is 2.31. The number of benzene rings is 1. The quantitative estimate of drug-likeness (QED) is 0.659. The van der Waals surface area contributed by atoms with Crippen LogP contribution in [0.15, 0.2) is 18.2 Å². The summed E-state index contributed by atoms with van der Waals surface area (Å²) >= 11 is 0. The van der Waals surface area contributed by atoms with Gasteiger partial charge in [0.15, 0.2) is 5.69 Å². The minimum absolute atomic E-state index is 0.110. The molecule has 8 heteroatoms. The fourth-order valence-electron chi connectivity index (χ4n) is 4.46. The van der Waals surface area contributed by atoms with E-state index in [1.165, 1.54) is 12.8 Å². The SMILES string of the molecule is O=C(N[C@@H]1CN2CCC1CC2)c1n[nH]c2ccc(CC(=O)C3CC3)cc12.O=CO. The highest BCUT2D eigenvalue weighted by Gasteiger charge is 2.35. The zero-order valence-electron chi connectivity index (χ0n) is 16.3. The first-order chi connectivity index (χ1) is 14.1. The minimum atomic E-state index is -0.250. The molecular weight excluding hydrogens is 372 g/mol. The van der Waals surface area contributed by atoms with E-state index < -0.39 is 0 Å². The van der Waals surface area contributed by atoms with Gasteiger partial charge in [-0.1, -0.05) is 6.07 Å². The second kappa shape index (κ2) is 8.32. The van der Waals surface area contributed by atoms with Crippen molar-refractivity contribution in [1.82, 2.24) is 20.4 Å². The highest BCUT2D eigenvalue weighted by atomic mass is 16.3. The molecule has 1 aliphatic carbocycles. The second-order valence-corrected chi connectivity index (χ2v) is 8.19. The van der Waals surface area contributed by atoms with Crippen LogP contribution in [0, 0.1) is 11.8 Å². The Kier molecular flexibility index (Phi) is 5.62.